The lowest BCUT2D eigenvalue weighted by atomic mass is 10.0. The van der Waals surface area contributed by atoms with E-state index in [0.717, 1.165) is 10.9 Å². The molecule has 3 nitrogen and oxygen atoms in total. The standard InChI is InChI=1S/C16H11Cl2NO2/c1-21-14-6-5-9(17)7-11(14)16(20)12-8-19-15-10(12)3-2-4-13(15)18/h2-8,19H,1H3. The van der Waals surface area contributed by atoms with Crippen molar-refractivity contribution in [3.63, 3.8) is 0 Å². The van der Waals surface area contributed by atoms with Gasteiger partial charge in [-0.15, -0.1) is 0 Å². The van der Waals surface area contributed by atoms with Crippen LogP contribution in [0.3, 0.4) is 0 Å². The van der Waals surface area contributed by atoms with Crippen LogP contribution in [0.4, 0.5) is 0 Å². The molecule has 3 rings (SSSR count). The molecule has 0 fully saturated rings. The molecule has 2 aromatic carbocycles. The summed E-state index contributed by atoms with van der Waals surface area (Å²) in [5.41, 5.74) is 1.70. The first-order valence-corrected chi connectivity index (χ1v) is 7.01. The van der Waals surface area contributed by atoms with Gasteiger partial charge in [0.2, 0.25) is 0 Å². The second-order valence-electron chi connectivity index (χ2n) is 4.54. The van der Waals surface area contributed by atoms with Crippen molar-refractivity contribution in [2.24, 2.45) is 0 Å². The van der Waals surface area contributed by atoms with Gasteiger partial charge in [-0.25, -0.2) is 0 Å². The van der Waals surface area contributed by atoms with Gasteiger partial charge in [0.25, 0.3) is 0 Å². The van der Waals surface area contributed by atoms with Gasteiger partial charge >= 0.3 is 0 Å². The van der Waals surface area contributed by atoms with Crippen LogP contribution in [0.5, 0.6) is 5.75 Å². The highest BCUT2D eigenvalue weighted by molar-refractivity contribution is 6.36. The van der Waals surface area contributed by atoms with Gasteiger partial charge in [0.1, 0.15) is 5.75 Å². The summed E-state index contributed by atoms with van der Waals surface area (Å²) < 4.78 is 5.24. The van der Waals surface area contributed by atoms with Gasteiger partial charge in [-0.1, -0.05) is 35.3 Å². The molecule has 0 saturated carbocycles. The Morgan fingerprint density at radius 3 is 2.71 bits per heavy atom. The molecule has 0 aliphatic rings. The number of ether oxygens (including phenoxy) is 1. The van der Waals surface area contributed by atoms with Gasteiger partial charge in [-0.3, -0.25) is 4.79 Å². The highest BCUT2D eigenvalue weighted by Gasteiger charge is 2.19. The molecule has 0 atom stereocenters. The predicted molar refractivity (Wildman–Crippen MR) is 84.7 cm³/mol. The lowest BCUT2D eigenvalue weighted by Crippen LogP contribution is -2.03. The SMILES string of the molecule is COc1ccc(Cl)cc1C(=O)c1c[nH]c2c(Cl)cccc12. The van der Waals surface area contributed by atoms with Crippen molar-refractivity contribution in [1.29, 1.82) is 0 Å². The fourth-order valence-corrected chi connectivity index (χ4v) is 2.71. The van der Waals surface area contributed by atoms with Crippen LogP contribution in [0.2, 0.25) is 10.0 Å². The molecule has 0 amide bonds. The van der Waals surface area contributed by atoms with E-state index in [2.05, 4.69) is 4.98 Å². The summed E-state index contributed by atoms with van der Waals surface area (Å²) in [5.74, 6) is 0.323. The van der Waals surface area contributed by atoms with E-state index in [1.165, 1.54) is 7.11 Å². The molecule has 21 heavy (non-hydrogen) atoms. The Hall–Kier alpha value is -1.97. The fourth-order valence-electron chi connectivity index (χ4n) is 2.31. The van der Waals surface area contributed by atoms with Gasteiger partial charge < -0.3 is 9.72 Å². The van der Waals surface area contributed by atoms with E-state index >= 15 is 0 Å². The van der Waals surface area contributed by atoms with E-state index in [4.69, 9.17) is 27.9 Å². The molecule has 1 aromatic heterocycles. The normalized spacial score (nSPS) is 10.8. The fraction of sp³-hybridized carbons (Fsp3) is 0.0625. The second-order valence-corrected chi connectivity index (χ2v) is 5.38. The Balaban J connectivity index is 2.17. The zero-order valence-corrected chi connectivity index (χ0v) is 12.6. The van der Waals surface area contributed by atoms with E-state index in [0.29, 0.717) is 26.9 Å². The number of hydrogen-bond donors (Lipinski definition) is 1. The molecule has 3 aromatic rings. The summed E-state index contributed by atoms with van der Waals surface area (Å²) in [6, 6.07) is 10.4. The number of para-hydroxylation sites is 1. The number of methoxy groups -OCH3 is 1. The van der Waals surface area contributed by atoms with E-state index < -0.39 is 0 Å². The van der Waals surface area contributed by atoms with Crippen LogP contribution in [0, 0.1) is 0 Å². The molecule has 0 spiro atoms. The zero-order valence-electron chi connectivity index (χ0n) is 11.1. The number of benzene rings is 2. The number of halogens is 2. The molecule has 106 valence electrons. The van der Waals surface area contributed by atoms with E-state index in [9.17, 15) is 4.79 Å². The lowest BCUT2D eigenvalue weighted by molar-refractivity contribution is 0.103. The zero-order chi connectivity index (χ0) is 15.0. The minimum atomic E-state index is -0.164. The first-order chi connectivity index (χ1) is 10.1. The number of fused-ring (bicyclic) bond motifs is 1. The average Bonchev–Trinajstić information content (AvgIpc) is 2.92. The van der Waals surface area contributed by atoms with Crippen LogP contribution in [0.15, 0.2) is 42.6 Å². The van der Waals surface area contributed by atoms with Gasteiger partial charge in [-0.2, -0.15) is 0 Å². The summed E-state index contributed by atoms with van der Waals surface area (Å²) in [5, 5.41) is 1.83. The van der Waals surface area contributed by atoms with Crippen LogP contribution < -0.4 is 4.74 Å². The minimum Gasteiger partial charge on any atom is -0.496 e. The monoisotopic (exact) mass is 319 g/mol. The average molecular weight is 320 g/mol. The topological polar surface area (TPSA) is 42.1 Å². The third-order valence-electron chi connectivity index (χ3n) is 3.32. The molecule has 0 aliphatic heterocycles. The Bertz CT molecular complexity index is 839. The number of rotatable bonds is 3. The van der Waals surface area contributed by atoms with E-state index in [1.54, 1.807) is 30.5 Å². The number of aromatic amines is 1. The Kier molecular flexibility index (Phi) is 3.62. The molecule has 1 N–H and O–H groups in total. The van der Waals surface area contributed by atoms with Crippen LogP contribution in [-0.2, 0) is 0 Å². The molecule has 0 radical (unpaired) electrons. The first-order valence-electron chi connectivity index (χ1n) is 6.25. The number of aromatic nitrogens is 1. The Labute approximate surface area is 131 Å². The highest BCUT2D eigenvalue weighted by Crippen LogP contribution is 2.30. The van der Waals surface area contributed by atoms with Crippen molar-refractivity contribution in [1.82, 2.24) is 4.98 Å². The van der Waals surface area contributed by atoms with Crippen molar-refractivity contribution in [3.05, 3.63) is 63.8 Å². The van der Waals surface area contributed by atoms with Crippen molar-refractivity contribution in [2.45, 2.75) is 0 Å². The molecule has 0 unspecified atom stereocenters. The van der Waals surface area contributed by atoms with Crippen molar-refractivity contribution < 1.29 is 9.53 Å². The summed E-state index contributed by atoms with van der Waals surface area (Å²) >= 11 is 12.1. The number of nitrogens with one attached hydrogen (secondary N) is 1. The number of H-pyrrole nitrogens is 1. The van der Waals surface area contributed by atoms with Crippen molar-refractivity contribution in [3.8, 4) is 5.75 Å². The molecule has 0 saturated heterocycles. The molecule has 0 aliphatic carbocycles. The minimum absolute atomic E-state index is 0.164. The smallest absolute Gasteiger partial charge is 0.198 e. The van der Waals surface area contributed by atoms with Crippen molar-refractivity contribution in [2.75, 3.05) is 7.11 Å². The molecule has 1 heterocycles. The van der Waals surface area contributed by atoms with Crippen LogP contribution in [0.25, 0.3) is 10.9 Å². The van der Waals surface area contributed by atoms with E-state index in [-0.39, 0.29) is 5.78 Å². The Morgan fingerprint density at radius 1 is 1.14 bits per heavy atom. The summed E-state index contributed by atoms with van der Waals surface area (Å²) in [6.07, 6.45) is 1.65. The van der Waals surface area contributed by atoms with E-state index in [1.807, 2.05) is 12.1 Å². The van der Waals surface area contributed by atoms with Gasteiger partial charge in [0.05, 0.1) is 23.2 Å². The third-order valence-corrected chi connectivity index (χ3v) is 3.87. The molecular weight excluding hydrogens is 309 g/mol. The van der Waals surface area contributed by atoms with Crippen LogP contribution >= 0.6 is 23.2 Å². The summed E-state index contributed by atoms with van der Waals surface area (Å²) in [6.45, 7) is 0. The maximum atomic E-state index is 12.8. The quantitative estimate of drug-likeness (QED) is 0.710. The molecular formula is C16H11Cl2NO2. The maximum absolute atomic E-state index is 12.8. The lowest BCUT2D eigenvalue weighted by Gasteiger charge is -2.07. The maximum Gasteiger partial charge on any atom is 0.198 e. The number of hydrogen-bond acceptors (Lipinski definition) is 2. The van der Waals surface area contributed by atoms with Gasteiger partial charge in [0.15, 0.2) is 5.78 Å². The summed E-state index contributed by atoms with van der Waals surface area (Å²) in [7, 11) is 1.52. The van der Waals surface area contributed by atoms with Gasteiger partial charge in [0, 0.05) is 22.2 Å². The predicted octanol–water partition coefficient (Wildman–Crippen LogP) is 4.71. The third kappa shape index (κ3) is 2.39. The molecule has 5 heteroatoms. The number of ketones is 1. The molecule has 0 bridgehead atoms. The van der Waals surface area contributed by atoms with Gasteiger partial charge in [-0.05, 0) is 24.3 Å². The Morgan fingerprint density at radius 2 is 1.95 bits per heavy atom. The first kappa shape index (κ1) is 14.0. The van der Waals surface area contributed by atoms with Crippen molar-refractivity contribution >= 4 is 39.9 Å². The second kappa shape index (κ2) is 5.43. The number of carbonyl (C=O) groups is 1. The summed E-state index contributed by atoms with van der Waals surface area (Å²) in [4.78, 5) is 15.8. The number of carbonyl (C=O) groups excluding carboxylic acids is 1. The largest absolute Gasteiger partial charge is 0.496 e. The van der Waals surface area contributed by atoms with Crippen LogP contribution in [0.1, 0.15) is 15.9 Å². The van der Waals surface area contributed by atoms with Crippen LogP contribution in [-0.4, -0.2) is 17.9 Å². The highest BCUT2D eigenvalue weighted by atomic mass is 35.5.